The van der Waals surface area contributed by atoms with Gasteiger partial charge in [0.25, 0.3) is 0 Å². The number of amides is 1. The van der Waals surface area contributed by atoms with E-state index in [-0.39, 0.29) is 17.9 Å². The predicted octanol–water partition coefficient (Wildman–Crippen LogP) is 3.55. The maximum atomic E-state index is 12.9. The predicted molar refractivity (Wildman–Crippen MR) is 87.1 cm³/mol. The second-order valence-electron chi connectivity index (χ2n) is 6.64. The average Bonchev–Trinajstić information content (AvgIpc) is 3.01. The monoisotopic (exact) mass is 331 g/mol. The van der Waals surface area contributed by atoms with Crippen molar-refractivity contribution in [3.63, 3.8) is 0 Å². The summed E-state index contributed by atoms with van der Waals surface area (Å²) in [5.41, 5.74) is 0. The van der Waals surface area contributed by atoms with Gasteiger partial charge in [-0.15, -0.1) is 11.3 Å². The van der Waals surface area contributed by atoms with E-state index in [1.165, 1.54) is 4.88 Å². The Kier molecular flexibility index (Phi) is 3.93. The van der Waals surface area contributed by atoms with E-state index >= 15 is 0 Å². The smallest absolute Gasteiger partial charge is 0.229 e. The largest absolute Gasteiger partial charge is 0.339 e. The second kappa shape index (κ2) is 6.07. The molecule has 5 nitrogen and oxygen atoms in total. The van der Waals surface area contributed by atoms with Gasteiger partial charge < -0.3 is 9.42 Å². The van der Waals surface area contributed by atoms with Crippen LogP contribution in [0.3, 0.4) is 0 Å². The Morgan fingerprint density at radius 3 is 3.09 bits per heavy atom. The first-order valence-electron chi connectivity index (χ1n) is 8.38. The van der Waals surface area contributed by atoms with Crippen molar-refractivity contribution in [2.24, 2.45) is 5.92 Å². The van der Waals surface area contributed by atoms with Crippen LogP contribution in [0.5, 0.6) is 0 Å². The zero-order valence-electron chi connectivity index (χ0n) is 13.3. The van der Waals surface area contributed by atoms with Crippen LogP contribution in [0.25, 0.3) is 0 Å². The van der Waals surface area contributed by atoms with Crippen molar-refractivity contribution in [2.45, 2.75) is 51.0 Å². The molecule has 1 amide bonds. The molecule has 122 valence electrons. The van der Waals surface area contributed by atoms with E-state index in [2.05, 4.69) is 21.6 Å². The topological polar surface area (TPSA) is 59.2 Å². The van der Waals surface area contributed by atoms with Crippen molar-refractivity contribution in [3.8, 4) is 0 Å². The molecule has 1 aliphatic heterocycles. The Hall–Kier alpha value is -1.69. The minimum Gasteiger partial charge on any atom is -0.339 e. The molecule has 6 heteroatoms. The van der Waals surface area contributed by atoms with Crippen LogP contribution in [0.1, 0.15) is 61.2 Å². The number of thiophene rings is 1. The molecule has 0 radical (unpaired) electrons. The van der Waals surface area contributed by atoms with Crippen molar-refractivity contribution < 1.29 is 9.32 Å². The fraction of sp³-hybridized carbons (Fsp3) is 0.588. The zero-order chi connectivity index (χ0) is 15.8. The van der Waals surface area contributed by atoms with Gasteiger partial charge in [0.15, 0.2) is 5.82 Å². The molecular formula is C17H21N3O2S. The van der Waals surface area contributed by atoms with Crippen LogP contribution in [-0.4, -0.2) is 27.5 Å². The minimum atomic E-state index is -0.0101. The standard InChI is InChI=1S/C17H21N3O2S/c1-11(10-13-4-3-9-23-13)17(21)20-8-2-5-14(20)15-18-16(22-19-15)12-6-7-12/h3-4,9,11-12,14H,2,5-8,10H2,1H3/t11-,14+/m0/s1. The molecule has 2 aromatic heterocycles. The number of hydrogen-bond acceptors (Lipinski definition) is 5. The molecule has 0 unspecified atom stereocenters. The highest BCUT2D eigenvalue weighted by Gasteiger charge is 2.37. The molecule has 1 aliphatic carbocycles. The van der Waals surface area contributed by atoms with Gasteiger partial charge in [0.05, 0.1) is 6.04 Å². The van der Waals surface area contributed by atoms with Gasteiger partial charge in [-0.25, -0.2) is 0 Å². The van der Waals surface area contributed by atoms with Crippen LogP contribution < -0.4 is 0 Å². The van der Waals surface area contributed by atoms with E-state index in [0.717, 1.165) is 44.5 Å². The lowest BCUT2D eigenvalue weighted by molar-refractivity contribution is -0.136. The summed E-state index contributed by atoms with van der Waals surface area (Å²) < 4.78 is 5.38. The molecule has 0 N–H and O–H groups in total. The minimum absolute atomic E-state index is 0.00969. The van der Waals surface area contributed by atoms with Gasteiger partial charge in [-0.1, -0.05) is 18.1 Å². The molecule has 23 heavy (non-hydrogen) atoms. The summed E-state index contributed by atoms with van der Waals surface area (Å²) in [4.78, 5) is 20.6. The molecule has 2 aliphatic rings. The van der Waals surface area contributed by atoms with Crippen molar-refractivity contribution in [3.05, 3.63) is 34.1 Å². The lowest BCUT2D eigenvalue weighted by atomic mass is 10.0. The second-order valence-corrected chi connectivity index (χ2v) is 7.67. The maximum Gasteiger partial charge on any atom is 0.229 e. The van der Waals surface area contributed by atoms with E-state index < -0.39 is 0 Å². The molecule has 4 rings (SSSR count). The Balaban J connectivity index is 1.46. The summed E-state index contributed by atoms with van der Waals surface area (Å²) >= 11 is 1.71. The van der Waals surface area contributed by atoms with Gasteiger partial charge in [0, 0.05) is 23.3 Å². The van der Waals surface area contributed by atoms with Crippen LogP contribution in [0.15, 0.2) is 22.0 Å². The number of carbonyl (C=O) groups is 1. The van der Waals surface area contributed by atoms with E-state index in [9.17, 15) is 4.79 Å². The van der Waals surface area contributed by atoms with E-state index in [1.54, 1.807) is 11.3 Å². The number of carbonyl (C=O) groups excluding carboxylic acids is 1. The fourth-order valence-corrected chi connectivity index (χ4v) is 4.11. The zero-order valence-corrected chi connectivity index (χ0v) is 14.1. The summed E-state index contributed by atoms with van der Waals surface area (Å²) in [6, 6.07) is 4.12. The third-order valence-electron chi connectivity index (χ3n) is 4.73. The van der Waals surface area contributed by atoms with Crippen LogP contribution in [0.4, 0.5) is 0 Å². The molecule has 1 saturated carbocycles. The molecule has 2 atom stereocenters. The lowest BCUT2D eigenvalue weighted by Crippen LogP contribution is -2.35. The molecule has 2 aromatic rings. The number of rotatable bonds is 5. The summed E-state index contributed by atoms with van der Waals surface area (Å²) in [6.45, 7) is 2.81. The van der Waals surface area contributed by atoms with Crippen LogP contribution in [-0.2, 0) is 11.2 Å². The Morgan fingerprint density at radius 2 is 2.35 bits per heavy atom. The highest BCUT2D eigenvalue weighted by Crippen LogP contribution is 2.40. The molecule has 1 saturated heterocycles. The molecule has 3 heterocycles. The lowest BCUT2D eigenvalue weighted by Gasteiger charge is -2.25. The van der Waals surface area contributed by atoms with Gasteiger partial charge in [-0.05, 0) is 43.6 Å². The molecule has 0 spiro atoms. The van der Waals surface area contributed by atoms with Gasteiger partial charge in [-0.2, -0.15) is 4.98 Å². The van der Waals surface area contributed by atoms with Crippen LogP contribution in [0.2, 0.25) is 0 Å². The van der Waals surface area contributed by atoms with Crippen molar-refractivity contribution in [2.75, 3.05) is 6.54 Å². The van der Waals surface area contributed by atoms with Gasteiger partial charge in [0.2, 0.25) is 11.8 Å². The van der Waals surface area contributed by atoms with Gasteiger partial charge >= 0.3 is 0 Å². The number of likely N-dealkylation sites (tertiary alicyclic amines) is 1. The first-order valence-corrected chi connectivity index (χ1v) is 9.26. The van der Waals surface area contributed by atoms with Crippen molar-refractivity contribution in [1.82, 2.24) is 15.0 Å². The number of aromatic nitrogens is 2. The summed E-state index contributed by atoms with van der Waals surface area (Å²) in [5, 5.41) is 6.21. The van der Waals surface area contributed by atoms with Crippen LogP contribution >= 0.6 is 11.3 Å². The first kappa shape index (κ1) is 14.9. The number of hydrogen-bond donors (Lipinski definition) is 0. The summed E-state index contributed by atoms with van der Waals surface area (Å²) in [6.07, 6.45) is 5.04. The Labute approximate surface area is 139 Å². The number of nitrogens with zero attached hydrogens (tertiary/aromatic N) is 3. The summed E-state index contributed by atoms with van der Waals surface area (Å²) in [7, 11) is 0. The normalized spacial score (nSPS) is 22.5. The van der Waals surface area contributed by atoms with E-state index in [0.29, 0.717) is 11.7 Å². The van der Waals surface area contributed by atoms with E-state index in [1.807, 2.05) is 17.9 Å². The Bertz CT molecular complexity index is 678. The third-order valence-corrected chi connectivity index (χ3v) is 5.63. The highest BCUT2D eigenvalue weighted by molar-refractivity contribution is 7.09. The molecule has 2 fully saturated rings. The molecule has 0 aromatic carbocycles. The molecule has 0 bridgehead atoms. The third kappa shape index (κ3) is 3.04. The van der Waals surface area contributed by atoms with Gasteiger partial charge in [0.1, 0.15) is 0 Å². The maximum absolute atomic E-state index is 12.9. The van der Waals surface area contributed by atoms with Crippen molar-refractivity contribution >= 4 is 17.2 Å². The fourth-order valence-electron chi connectivity index (χ4n) is 3.28. The van der Waals surface area contributed by atoms with Crippen LogP contribution in [0, 0.1) is 5.92 Å². The quantitative estimate of drug-likeness (QED) is 0.840. The van der Waals surface area contributed by atoms with Gasteiger partial charge in [-0.3, -0.25) is 4.79 Å². The first-order chi connectivity index (χ1) is 11.2. The summed E-state index contributed by atoms with van der Waals surface area (Å²) in [5.74, 6) is 2.11. The average molecular weight is 331 g/mol. The highest BCUT2D eigenvalue weighted by atomic mass is 32.1. The molecular weight excluding hydrogens is 310 g/mol. The Morgan fingerprint density at radius 1 is 1.48 bits per heavy atom. The SMILES string of the molecule is C[C@@H](Cc1cccs1)C(=O)N1CCC[C@@H]1c1noc(C2CC2)n1. The van der Waals surface area contributed by atoms with E-state index in [4.69, 9.17) is 4.52 Å². The van der Waals surface area contributed by atoms with Crippen molar-refractivity contribution in [1.29, 1.82) is 0 Å².